The van der Waals surface area contributed by atoms with Gasteiger partial charge in [-0.3, -0.25) is 4.79 Å². The van der Waals surface area contributed by atoms with Crippen LogP contribution in [0.1, 0.15) is 38.5 Å². The quantitative estimate of drug-likeness (QED) is 0.558. The third kappa shape index (κ3) is 5.57. The summed E-state index contributed by atoms with van der Waals surface area (Å²) in [7, 11) is 0. The van der Waals surface area contributed by atoms with Crippen LogP contribution in [-0.2, 0) is 41.6 Å². The normalized spacial score (nSPS) is 27.2. The van der Waals surface area contributed by atoms with Crippen LogP contribution in [0.3, 0.4) is 0 Å². The molecule has 32 heavy (non-hydrogen) atoms. The van der Waals surface area contributed by atoms with Crippen LogP contribution in [-0.4, -0.2) is 49.0 Å². The Balaban J connectivity index is 1.52. The van der Waals surface area contributed by atoms with Gasteiger partial charge in [-0.05, 0) is 38.5 Å². The fourth-order valence-electron chi connectivity index (χ4n) is 4.13. The smallest absolute Gasteiger partial charge is 0.307 e. The number of fused-ring (bicyclic) bond motifs is 1. The minimum absolute atomic E-state index is 0.118. The van der Waals surface area contributed by atoms with Crippen LogP contribution in [0.4, 0.5) is 0 Å². The lowest BCUT2D eigenvalue weighted by atomic mass is 10.00. The Hall–Kier alpha value is -2.23. The number of hydrogen-bond acceptors (Lipinski definition) is 8. The zero-order valence-corrected chi connectivity index (χ0v) is 18.7. The Kier molecular flexibility index (Phi) is 7.27. The molecule has 1 unspecified atom stereocenters. The van der Waals surface area contributed by atoms with E-state index in [0.29, 0.717) is 19.8 Å². The van der Waals surface area contributed by atoms with Gasteiger partial charge in [-0.1, -0.05) is 30.3 Å². The summed E-state index contributed by atoms with van der Waals surface area (Å²) in [5.41, 5.74) is 1.04. The van der Waals surface area contributed by atoms with Gasteiger partial charge >= 0.3 is 5.97 Å². The maximum absolute atomic E-state index is 12.4. The van der Waals surface area contributed by atoms with Gasteiger partial charge in [0.1, 0.15) is 24.1 Å². The number of carbonyl (C=O) groups is 1. The molecule has 0 amide bonds. The van der Waals surface area contributed by atoms with E-state index in [9.17, 15) is 4.79 Å². The second kappa shape index (κ2) is 10.1. The van der Waals surface area contributed by atoms with Crippen molar-refractivity contribution in [3.63, 3.8) is 0 Å². The predicted molar refractivity (Wildman–Crippen MR) is 114 cm³/mol. The molecule has 4 rings (SSSR count). The molecule has 0 spiro atoms. The maximum atomic E-state index is 12.4. The van der Waals surface area contributed by atoms with Crippen molar-refractivity contribution >= 4 is 5.97 Å². The largest absolute Gasteiger partial charge is 0.468 e. The summed E-state index contributed by atoms with van der Waals surface area (Å²) in [5, 5.41) is 3.38. The summed E-state index contributed by atoms with van der Waals surface area (Å²) in [6, 6.07) is 13.2. The van der Waals surface area contributed by atoms with E-state index in [4.69, 9.17) is 28.1 Å². The molecule has 174 valence electrons. The Bertz CT molecular complexity index is 854. The zero-order valence-electron chi connectivity index (χ0n) is 18.7. The van der Waals surface area contributed by atoms with Gasteiger partial charge in [0.25, 0.3) is 0 Å². The lowest BCUT2D eigenvalue weighted by molar-refractivity contribution is -0.223. The van der Waals surface area contributed by atoms with E-state index in [-0.39, 0.29) is 18.4 Å². The summed E-state index contributed by atoms with van der Waals surface area (Å²) in [5.74, 6) is -0.325. The van der Waals surface area contributed by atoms with Crippen LogP contribution >= 0.6 is 0 Å². The first kappa shape index (κ1) is 22.9. The standard InChI is InChI=1S/C24H31NO7/c1-4-27-19(26)13-18(25-14-17-11-8-12-28-17)20-21(29-15-16-9-6-5-7-10-16)22-23(30-20)32-24(2,3)31-22/h5-12,18,20-23,25H,4,13-15H2,1-3H3/t18?,20-,21+,22-,23-/m0/s1. The maximum Gasteiger partial charge on any atom is 0.307 e. The number of rotatable bonds is 10. The monoisotopic (exact) mass is 445 g/mol. The Morgan fingerprint density at radius 3 is 2.69 bits per heavy atom. The Labute approximate surface area is 188 Å². The average Bonchev–Trinajstić information content (AvgIpc) is 3.45. The second-order valence-electron chi connectivity index (χ2n) is 8.41. The molecule has 8 nitrogen and oxygen atoms in total. The molecule has 2 saturated heterocycles. The van der Waals surface area contributed by atoms with Crippen molar-refractivity contribution in [1.29, 1.82) is 0 Å². The van der Waals surface area contributed by atoms with Crippen LogP contribution in [0.2, 0.25) is 0 Å². The molecule has 2 aromatic rings. The molecule has 2 aliphatic rings. The molecular weight excluding hydrogens is 414 g/mol. The number of benzene rings is 1. The molecule has 0 bridgehead atoms. The molecule has 1 aromatic carbocycles. The molecule has 0 radical (unpaired) electrons. The highest BCUT2D eigenvalue weighted by Gasteiger charge is 2.57. The highest BCUT2D eigenvalue weighted by atomic mass is 16.8. The fraction of sp³-hybridized carbons (Fsp3) is 0.542. The van der Waals surface area contributed by atoms with E-state index >= 15 is 0 Å². The van der Waals surface area contributed by atoms with E-state index in [2.05, 4.69) is 5.32 Å². The van der Waals surface area contributed by atoms with Crippen LogP contribution in [0.5, 0.6) is 0 Å². The van der Waals surface area contributed by atoms with Gasteiger partial charge < -0.3 is 33.4 Å². The van der Waals surface area contributed by atoms with Gasteiger partial charge in [-0.15, -0.1) is 0 Å². The summed E-state index contributed by atoms with van der Waals surface area (Å²) >= 11 is 0. The number of hydrogen-bond donors (Lipinski definition) is 1. The topological polar surface area (TPSA) is 88.4 Å². The number of nitrogens with one attached hydrogen (secondary N) is 1. The molecule has 1 N–H and O–H groups in total. The van der Waals surface area contributed by atoms with Crippen LogP contribution in [0.25, 0.3) is 0 Å². The van der Waals surface area contributed by atoms with Crippen molar-refractivity contribution in [1.82, 2.24) is 5.32 Å². The molecule has 8 heteroatoms. The van der Waals surface area contributed by atoms with Gasteiger partial charge in [0.05, 0.1) is 32.4 Å². The summed E-state index contributed by atoms with van der Waals surface area (Å²) in [6.45, 7) is 6.63. The van der Waals surface area contributed by atoms with Crippen molar-refractivity contribution < 1.29 is 32.9 Å². The number of ether oxygens (including phenoxy) is 5. The van der Waals surface area contributed by atoms with Crippen molar-refractivity contribution in [2.45, 2.75) is 76.8 Å². The van der Waals surface area contributed by atoms with Gasteiger partial charge in [0.15, 0.2) is 12.1 Å². The minimum Gasteiger partial charge on any atom is -0.468 e. The number of furan rings is 1. The van der Waals surface area contributed by atoms with E-state index < -0.39 is 30.4 Å². The predicted octanol–water partition coefficient (Wildman–Crippen LogP) is 3.15. The SMILES string of the molecule is CCOC(=O)CC(NCc1ccco1)[C@@H]1O[C@H]2OC(C)(C)O[C@H]2[C@@H]1OCc1ccccc1. The summed E-state index contributed by atoms with van der Waals surface area (Å²) in [4.78, 5) is 12.4. The highest BCUT2D eigenvalue weighted by Crippen LogP contribution is 2.40. The third-order valence-corrected chi connectivity index (χ3v) is 5.52. The first-order valence-electron chi connectivity index (χ1n) is 11.0. The van der Waals surface area contributed by atoms with Crippen molar-refractivity contribution in [2.24, 2.45) is 0 Å². The van der Waals surface area contributed by atoms with E-state index in [1.165, 1.54) is 0 Å². The van der Waals surface area contributed by atoms with Gasteiger partial charge in [0.2, 0.25) is 0 Å². The number of esters is 1. The van der Waals surface area contributed by atoms with Crippen LogP contribution in [0, 0.1) is 0 Å². The Morgan fingerprint density at radius 1 is 1.16 bits per heavy atom. The summed E-state index contributed by atoms with van der Waals surface area (Å²) < 4.78 is 35.3. The average molecular weight is 446 g/mol. The molecular formula is C24H31NO7. The van der Waals surface area contributed by atoms with Crippen LogP contribution < -0.4 is 5.32 Å². The third-order valence-electron chi connectivity index (χ3n) is 5.52. The van der Waals surface area contributed by atoms with Crippen molar-refractivity contribution in [3.05, 3.63) is 60.1 Å². The molecule has 5 atom stereocenters. The lowest BCUT2D eigenvalue weighted by Crippen LogP contribution is -2.49. The van der Waals surface area contributed by atoms with Crippen LogP contribution in [0.15, 0.2) is 53.1 Å². The van der Waals surface area contributed by atoms with Gasteiger partial charge in [-0.25, -0.2) is 0 Å². The lowest BCUT2D eigenvalue weighted by Gasteiger charge is -2.31. The Morgan fingerprint density at radius 2 is 1.97 bits per heavy atom. The minimum atomic E-state index is -0.771. The molecule has 1 aromatic heterocycles. The first-order chi connectivity index (χ1) is 15.4. The molecule has 2 aliphatic heterocycles. The molecule has 0 aliphatic carbocycles. The van der Waals surface area contributed by atoms with E-state index in [1.54, 1.807) is 13.2 Å². The van der Waals surface area contributed by atoms with E-state index in [1.807, 2.05) is 56.3 Å². The van der Waals surface area contributed by atoms with Crippen molar-refractivity contribution in [2.75, 3.05) is 6.61 Å². The molecule has 3 heterocycles. The molecule has 0 saturated carbocycles. The first-order valence-corrected chi connectivity index (χ1v) is 11.0. The highest BCUT2D eigenvalue weighted by molar-refractivity contribution is 5.70. The molecule has 2 fully saturated rings. The van der Waals surface area contributed by atoms with Gasteiger partial charge in [-0.2, -0.15) is 0 Å². The van der Waals surface area contributed by atoms with Crippen molar-refractivity contribution in [3.8, 4) is 0 Å². The fourth-order valence-corrected chi connectivity index (χ4v) is 4.13. The van der Waals surface area contributed by atoms with Gasteiger partial charge in [0, 0.05) is 6.04 Å². The van der Waals surface area contributed by atoms with E-state index in [0.717, 1.165) is 11.3 Å². The zero-order chi connectivity index (χ0) is 22.6. The second-order valence-corrected chi connectivity index (χ2v) is 8.41. The summed E-state index contributed by atoms with van der Waals surface area (Å²) in [6.07, 6.45) is -0.175. The number of carbonyl (C=O) groups excluding carboxylic acids is 1.